The number of rotatable bonds is 3. The molecule has 0 saturated carbocycles. The summed E-state index contributed by atoms with van der Waals surface area (Å²) in [6, 6.07) is 11.6. The average Bonchev–Trinajstić information content (AvgIpc) is 2.06. The van der Waals surface area contributed by atoms with E-state index in [4.69, 9.17) is 5.26 Å². The molecule has 2 nitrogen and oxygen atoms in total. The van der Waals surface area contributed by atoms with Crippen LogP contribution in [0.3, 0.4) is 0 Å². The number of benzene rings is 1. The van der Waals surface area contributed by atoms with Crippen molar-refractivity contribution in [2.24, 2.45) is 0 Å². The van der Waals surface area contributed by atoms with Gasteiger partial charge in [-0.25, -0.2) is 0 Å². The fraction of sp³-hybridized carbons (Fsp3) is 0.300. The van der Waals surface area contributed by atoms with Gasteiger partial charge < -0.3 is 5.11 Å². The van der Waals surface area contributed by atoms with Crippen LogP contribution in [0.25, 0.3) is 0 Å². The Balaban J connectivity index is 2.48. The normalized spacial score (nSPS) is 12.0. The van der Waals surface area contributed by atoms with Crippen LogP contribution < -0.4 is 0 Å². The van der Waals surface area contributed by atoms with Crippen molar-refractivity contribution < 1.29 is 5.11 Å². The Morgan fingerprint density at radius 2 is 2.00 bits per heavy atom. The maximum atomic E-state index is 9.28. The van der Waals surface area contributed by atoms with Crippen molar-refractivity contribution in [3.05, 3.63) is 35.9 Å². The Morgan fingerprint density at radius 3 is 2.58 bits per heavy atom. The van der Waals surface area contributed by atoms with E-state index in [9.17, 15) is 5.11 Å². The van der Waals surface area contributed by atoms with E-state index in [1.54, 1.807) is 0 Å². The Labute approximate surface area is 72.1 Å². The lowest BCUT2D eigenvalue weighted by atomic mass is 10.1. The molecule has 0 amide bonds. The van der Waals surface area contributed by atoms with Crippen LogP contribution in [0.4, 0.5) is 0 Å². The summed E-state index contributed by atoms with van der Waals surface area (Å²) in [6.07, 6.45) is 0.237. The summed E-state index contributed by atoms with van der Waals surface area (Å²) in [7, 11) is 0. The topological polar surface area (TPSA) is 44.0 Å². The van der Waals surface area contributed by atoms with Gasteiger partial charge in [-0.3, -0.25) is 0 Å². The van der Waals surface area contributed by atoms with Gasteiger partial charge in [0.1, 0.15) is 0 Å². The van der Waals surface area contributed by atoms with Crippen molar-refractivity contribution in [2.75, 3.05) is 0 Å². The van der Waals surface area contributed by atoms with Gasteiger partial charge in [-0.1, -0.05) is 30.3 Å². The number of hydrogen-bond acceptors (Lipinski definition) is 2. The van der Waals surface area contributed by atoms with E-state index in [1.807, 2.05) is 36.4 Å². The van der Waals surface area contributed by atoms with Crippen LogP contribution in [0.2, 0.25) is 0 Å². The minimum Gasteiger partial charge on any atom is -0.392 e. The van der Waals surface area contributed by atoms with Gasteiger partial charge in [0, 0.05) is 0 Å². The number of nitriles is 1. The molecule has 2 heteroatoms. The zero-order valence-corrected chi connectivity index (χ0v) is 6.77. The van der Waals surface area contributed by atoms with Crippen LogP contribution >= 0.6 is 0 Å². The lowest BCUT2D eigenvalue weighted by Gasteiger charge is -2.04. The molecule has 0 bridgehead atoms. The molecule has 0 spiro atoms. The van der Waals surface area contributed by atoms with Crippen molar-refractivity contribution in [3.63, 3.8) is 0 Å². The second kappa shape index (κ2) is 4.53. The molecule has 1 unspecified atom stereocenters. The fourth-order valence-electron chi connectivity index (χ4n) is 1.06. The summed E-state index contributed by atoms with van der Waals surface area (Å²) in [5.41, 5.74) is 1.07. The van der Waals surface area contributed by atoms with E-state index in [-0.39, 0.29) is 6.42 Å². The largest absolute Gasteiger partial charge is 0.392 e. The second-order valence-corrected chi connectivity index (χ2v) is 2.71. The van der Waals surface area contributed by atoms with Gasteiger partial charge in [0.2, 0.25) is 0 Å². The van der Waals surface area contributed by atoms with Gasteiger partial charge in [-0.05, 0) is 12.0 Å². The standard InChI is InChI=1S/C10H11NO/c11-7-6-10(12)8-9-4-2-1-3-5-9/h1-5,10,12H,6,8H2. The lowest BCUT2D eigenvalue weighted by Crippen LogP contribution is -2.08. The summed E-state index contributed by atoms with van der Waals surface area (Å²) < 4.78 is 0. The Bertz CT molecular complexity index is 263. The molecule has 1 aromatic rings. The Morgan fingerprint density at radius 1 is 1.33 bits per heavy atom. The van der Waals surface area contributed by atoms with Gasteiger partial charge in [-0.15, -0.1) is 0 Å². The second-order valence-electron chi connectivity index (χ2n) is 2.71. The summed E-state index contributed by atoms with van der Waals surface area (Å²) in [6.45, 7) is 0. The monoisotopic (exact) mass is 161 g/mol. The predicted octanol–water partition coefficient (Wildman–Crippen LogP) is 1.50. The molecule has 0 fully saturated rings. The van der Waals surface area contributed by atoms with Crippen molar-refractivity contribution in [1.29, 1.82) is 5.26 Å². The highest BCUT2D eigenvalue weighted by atomic mass is 16.3. The number of nitrogens with zero attached hydrogens (tertiary/aromatic N) is 1. The minimum absolute atomic E-state index is 0.203. The van der Waals surface area contributed by atoms with Gasteiger partial charge in [0.25, 0.3) is 0 Å². The maximum absolute atomic E-state index is 9.28. The first-order valence-electron chi connectivity index (χ1n) is 3.92. The van der Waals surface area contributed by atoms with E-state index in [0.29, 0.717) is 6.42 Å². The SMILES string of the molecule is N#CCC(O)Cc1ccccc1. The molecule has 1 aromatic carbocycles. The summed E-state index contributed by atoms with van der Waals surface area (Å²) in [4.78, 5) is 0. The molecule has 0 aliphatic rings. The molecular weight excluding hydrogens is 150 g/mol. The number of hydrogen-bond donors (Lipinski definition) is 1. The van der Waals surface area contributed by atoms with Crippen LogP contribution in [-0.4, -0.2) is 11.2 Å². The highest BCUT2D eigenvalue weighted by Crippen LogP contribution is 2.04. The molecule has 0 aliphatic carbocycles. The van der Waals surface area contributed by atoms with Gasteiger partial charge in [-0.2, -0.15) is 5.26 Å². The quantitative estimate of drug-likeness (QED) is 0.730. The van der Waals surface area contributed by atoms with E-state index in [1.165, 1.54) is 0 Å². The summed E-state index contributed by atoms with van der Waals surface area (Å²) in [5.74, 6) is 0. The van der Waals surface area contributed by atoms with Crippen molar-refractivity contribution in [1.82, 2.24) is 0 Å². The first-order chi connectivity index (χ1) is 5.83. The van der Waals surface area contributed by atoms with Gasteiger partial charge in [0.05, 0.1) is 18.6 Å². The van der Waals surface area contributed by atoms with Crippen LogP contribution in [0.15, 0.2) is 30.3 Å². The fourth-order valence-corrected chi connectivity index (χ4v) is 1.06. The van der Waals surface area contributed by atoms with Crippen LogP contribution in [0.1, 0.15) is 12.0 Å². The first-order valence-corrected chi connectivity index (χ1v) is 3.92. The van der Waals surface area contributed by atoms with Crippen molar-refractivity contribution in [2.45, 2.75) is 18.9 Å². The molecule has 1 atom stereocenters. The summed E-state index contributed by atoms with van der Waals surface area (Å²) in [5, 5.41) is 17.6. The smallest absolute Gasteiger partial charge is 0.0710 e. The lowest BCUT2D eigenvalue weighted by molar-refractivity contribution is 0.180. The molecule has 0 aliphatic heterocycles. The molecule has 0 heterocycles. The predicted molar refractivity (Wildman–Crippen MR) is 46.4 cm³/mol. The zero-order valence-electron chi connectivity index (χ0n) is 6.77. The number of aliphatic hydroxyl groups is 1. The van der Waals surface area contributed by atoms with Crippen LogP contribution in [-0.2, 0) is 6.42 Å². The van der Waals surface area contributed by atoms with Crippen molar-refractivity contribution >= 4 is 0 Å². The highest BCUT2D eigenvalue weighted by molar-refractivity contribution is 5.15. The average molecular weight is 161 g/mol. The zero-order chi connectivity index (χ0) is 8.81. The van der Waals surface area contributed by atoms with Gasteiger partial charge >= 0.3 is 0 Å². The molecule has 62 valence electrons. The Kier molecular flexibility index (Phi) is 3.31. The van der Waals surface area contributed by atoms with Crippen molar-refractivity contribution in [3.8, 4) is 6.07 Å². The molecule has 0 radical (unpaired) electrons. The molecule has 0 aromatic heterocycles. The Hall–Kier alpha value is -1.33. The van der Waals surface area contributed by atoms with E-state index in [2.05, 4.69) is 0 Å². The molecule has 1 rings (SSSR count). The highest BCUT2D eigenvalue weighted by Gasteiger charge is 2.03. The third kappa shape index (κ3) is 2.73. The van der Waals surface area contributed by atoms with Crippen LogP contribution in [0, 0.1) is 11.3 Å². The molecule has 12 heavy (non-hydrogen) atoms. The number of aliphatic hydroxyl groups excluding tert-OH is 1. The van der Waals surface area contributed by atoms with Gasteiger partial charge in [0.15, 0.2) is 0 Å². The first kappa shape index (κ1) is 8.76. The van der Waals surface area contributed by atoms with E-state index in [0.717, 1.165) is 5.56 Å². The third-order valence-electron chi connectivity index (χ3n) is 1.64. The maximum Gasteiger partial charge on any atom is 0.0710 e. The molecule has 1 N–H and O–H groups in total. The minimum atomic E-state index is -0.530. The van der Waals surface area contributed by atoms with Crippen LogP contribution in [0.5, 0.6) is 0 Å². The van der Waals surface area contributed by atoms with E-state index < -0.39 is 6.10 Å². The summed E-state index contributed by atoms with van der Waals surface area (Å²) >= 11 is 0. The molecule has 0 saturated heterocycles. The molecular formula is C10H11NO. The van der Waals surface area contributed by atoms with E-state index >= 15 is 0 Å². The third-order valence-corrected chi connectivity index (χ3v) is 1.64.